The lowest BCUT2D eigenvalue weighted by molar-refractivity contribution is 0.0748. The molecule has 0 atom stereocenters. The van der Waals surface area contributed by atoms with Crippen LogP contribution in [-0.2, 0) is 0 Å². The molecule has 0 saturated heterocycles. The molecule has 3 nitrogen and oxygen atoms in total. The number of halogens is 2. The first-order valence-corrected chi connectivity index (χ1v) is 7.61. The molecule has 102 valence electrons. The van der Waals surface area contributed by atoms with E-state index < -0.39 is 0 Å². The molecule has 1 fully saturated rings. The maximum absolute atomic E-state index is 12.5. The molecule has 0 spiro atoms. The fraction of sp³-hybridized carbons (Fsp3) is 0.385. The Labute approximate surface area is 131 Å². The van der Waals surface area contributed by atoms with Crippen molar-refractivity contribution in [2.24, 2.45) is 5.73 Å². The average Bonchev–Trinajstić information content (AvgIpc) is 3.16. The molecule has 0 radical (unpaired) electrons. The minimum absolute atomic E-state index is 0.0509. The molecule has 1 aliphatic carbocycles. The molecule has 2 N–H and O–H groups in total. The van der Waals surface area contributed by atoms with Crippen molar-refractivity contribution >= 4 is 50.6 Å². The van der Waals surface area contributed by atoms with E-state index in [1.54, 1.807) is 12.1 Å². The number of thiocarbonyl (C=S) groups is 1. The highest BCUT2D eigenvalue weighted by Crippen LogP contribution is 2.30. The van der Waals surface area contributed by atoms with Gasteiger partial charge in [-0.25, -0.2) is 0 Å². The van der Waals surface area contributed by atoms with Gasteiger partial charge >= 0.3 is 0 Å². The van der Waals surface area contributed by atoms with Crippen molar-refractivity contribution in [3.05, 3.63) is 33.3 Å². The molecular formula is C13H14BrClN2OS. The van der Waals surface area contributed by atoms with Crippen LogP contribution in [0.1, 0.15) is 29.6 Å². The SMILES string of the molecule is NC(=S)CCN(C(=O)c1cc(Br)ccc1Cl)C1CC1. The van der Waals surface area contributed by atoms with Crippen LogP contribution >= 0.6 is 39.7 Å². The van der Waals surface area contributed by atoms with Crippen LogP contribution in [0.25, 0.3) is 0 Å². The standard InChI is InChI=1S/C13H14BrClN2OS/c14-8-1-4-11(15)10(7-8)13(18)17(9-2-3-9)6-5-12(16)19/h1,4,7,9H,2-3,5-6H2,(H2,16,19). The lowest BCUT2D eigenvalue weighted by Gasteiger charge is -2.23. The van der Waals surface area contributed by atoms with Crippen molar-refractivity contribution in [2.75, 3.05) is 6.54 Å². The Morgan fingerprint density at radius 1 is 1.53 bits per heavy atom. The number of carbonyl (C=O) groups is 1. The van der Waals surface area contributed by atoms with Gasteiger partial charge in [0.15, 0.2) is 0 Å². The largest absolute Gasteiger partial charge is 0.393 e. The van der Waals surface area contributed by atoms with Crippen LogP contribution in [0.5, 0.6) is 0 Å². The van der Waals surface area contributed by atoms with Gasteiger partial charge in [-0.1, -0.05) is 39.7 Å². The summed E-state index contributed by atoms with van der Waals surface area (Å²) >= 11 is 14.3. The second-order valence-corrected chi connectivity index (χ2v) is 6.42. The Morgan fingerprint density at radius 2 is 2.21 bits per heavy atom. The number of amides is 1. The zero-order chi connectivity index (χ0) is 14.0. The molecule has 0 aromatic heterocycles. The van der Waals surface area contributed by atoms with E-state index in [4.69, 9.17) is 29.6 Å². The van der Waals surface area contributed by atoms with Gasteiger partial charge in [0.05, 0.1) is 15.6 Å². The number of nitrogens with two attached hydrogens (primary N) is 1. The third-order valence-corrected chi connectivity index (χ3v) is 4.03. The van der Waals surface area contributed by atoms with Gasteiger partial charge in [-0.3, -0.25) is 4.79 Å². The van der Waals surface area contributed by atoms with Gasteiger partial charge < -0.3 is 10.6 Å². The van der Waals surface area contributed by atoms with E-state index in [0.29, 0.717) is 34.6 Å². The van der Waals surface area contributed by atoms with E-state index in [0.717, 1.165) is 17.3 Å². The maximum Gasteiger partial charge on any atom is 0.255 e. The molecule has 2 rings (SSSR count). The second-order valence-electron chi connectivity index (χ2n) is 4.57. The summed E-state index contributed by atoms with van der Waals surface area (Å²) in [6, 6.07) is 5.59. The zero-order valence-corrected chi connectivity index (χ0v) is 13.4. The van der Waals surface area contributed by atoms with Crippen LogP contribution < -0.4 is 5.73 Å². The van der Waals surface area contributed by atoms with E-state index in [9.17, 15) is 4.79 Å². The van der Waals surface area contributed by atoms with E-state index in [-0.39, 0.29) is 5.91 Å². The minimum atomic E-state index is -0.0509. The summed E-state index contributed by atoms with van der Waals surface area (Å²) in [5.41, 5.74) is 6.03. The van der Waals surface area contributed by atoms with Gasteiger partial charge in [0.2, 0.25) is 0 Å². The first-order chi connectivity index (χ1) is 8.99. The van der Waals surface area contributed by atoms with Crippen molar-refractivity contribution in [2.45, 2.75) is 25.3 Å². The number of benzene rings is 1. The average molecular weight is 362 g/mol. The highest BCUT2D eigenvalue weighted by Gasteiger charge is 2.33. The topological polar surface area (TPSA) is 46.3 Å². The number of carbonyl (C=O) groups excluding carboxylic acids is 1. The molecule has 0 aliphatic heterocycles. The van der Waals surface area contributed by atoms with E-state index >= 15 is 0 Å². The molecule has 1 saturated carbocycles. The Morgan fingerprint density at radius 3 is 2.79 bits per heavy atom. The third kappa shape index (κ3) is 3.91. The van der Waals surface area contributed by atoms with Crippen molar-refractivity contribution in [1.82, 2.24) is 4.90 Å². The third-order valence-electron chi connectivity index (χ3n) is 3.01. The minimum Gasteiger partial charge on any atom is -0.393 e. The highest BCUT2D eigenvalue weighted by atomic mass is 79.9. The Balaban J connectivity index is 2.18. The highest BCUT2D eigenvalue weighted by molar-refractivity contribution is 9.10. The van der Waals surface area contributed by atoms with E-state index in [1.807, 2.05) is 11.0 Å². The normalized spacial score (nSPS) is 14.2. The van der Waals surface area contributed by atoms with Gasteiger partial charge in [-0.2, -0.15) is 0 Å². The quantitative estimate of drug-likeness (QED) is 0.818. The van der Waals surface area contributed by atoms with Gasteiger partial charge in [-0.15, -0.1) is 0 Å². The molecular weight excluding hydrogens is 348 g/mol. The van der Waals surface area contributed by atoms with Crippen LogP contribution in [0.15, 0.2) is 22.7 Å². The molecule has 1 aromatic rings. The Hall–Kier alpha value is -0.650. The van der Waals surface area contributed by atoms with Crippen molar-refractivity contribution in [3.8, 4) is 0 Å². The smallest absolute Gasteiger partial charge is 0.255 e. The fourth-order valence-electron chi connectivity index (χ4n) is 1.88. The first kappa shape index (κ1) is 14.8. The molecule has 1 aromatic carbocycles. The zero-order valence-electron chi connectivity index (χ0n) is 10.2. The molecule has 1 amide bonds. The molecule has 0 unspecified atom stereocenters. The molecule has 1 aliphatic rings. The molecule has 6 heteroatoms. The number of hydrogen-bond donors (Lipinski definition) is 1. The summed E-state index contributed by atoms with van der Waals surface area (Å²) in [6.07, 6.45) is 2.62. The summed E-state index contributed by atoms with van der Waals surface area (Å²) in [4.78, 5) is 14.8. The van der Waals surface area contributed by atoms with Gasteiger partial charge in [0, 0.05) is 23.5 Å². The summed E-state index contributed by atoms with van der Waals surface area (Å²) in [5, 5.41) is 0.467. The lowest BCUT2D eigenvalue weighted by atomic mass is 10.2. The van der Waals surface area contributed by atoms with E-state index in [2.05, 4.69) is 15.9 Å². The van der Waals surface area contributed by atoms with Gasteiger partial charge in [0.25, 0.3) is 5.91 Å². The second kappa shape index (κ2) is 6.20. The molecule has 19 heavy (non-hydrogen) atoms. The molecule has 0 heterocycles. The predicted molar refractivity (Wildman–Crippen MR) is 84.6 cm³/mol. The maximum atomic E-state index is 12.5. The Kier molecular flexibility index (Phi) is 4.81. The van der Waals surface area contributed by atoms with E-state index in [1.165, 1.54) is 0 Å². The fourth-order valence-corrected chi connectivity index (χ4v) is 2.53. The summed E-state index contributed by atoms with van der Waals surface area (Å²) in [6.45, 7) is 0.557. The first-order valence-electron chi connectivity index (χ1n) is 6.03. The summed E-state index contributed by atoms with van der Waals surface area (Å²) < 4.78 is 0.838. The van der Waals surface area contributed by atoms with Gasteiger partial charge in [-0.05, 0) is 31.0 Å². The van der Waals surface area contributed by atoms with Crippen molar-refractivity contribution < 1.29 is 4.79 Å². The number of rotatable bonds is 5. The number of hydrogen-bond acceptors (Lipinski definition) is 2. The monoisotopic (exact) mass is 360 g/mol. The van der Waals surface area contributed by atoms with Crippen molar-refractivity contribution in [1.29, 1.82) is 0 Å². The van der Waals surface area contributed by atoms with Gasteiger partial charge in [0.1, 0.15) is 0 Å². The lowest BCUT2D eigenvalue weighted by Crippen LogP contribution is -2.35. The summed E-state index contributed by atoms with van der Waals surface area (Å²) in [7, 11) is 0. The van der Waals surface area contributed by atoms with Crippen LogP contribution in [0, 0.1) is 0 Å². The van der Waals surface area contributed by atoms with Crippen molar-refractivity contribution in [3.63, 3.8) is 0 Å². The molecule has 0 bridgehead atoms. The van der Waals surface area contributed by atoms with Crippen LogP contribution in [-0.4, -0.2) is 28.4 Å². The number of nitrogens with zero attached hydrogens (tertiary/aromatic N) is 1. The van der Waals surface area contributed by atoms with Crippen LogP contribution in [0.2, 0.25) is 5.02 Å². The predicted octanol–water partition coefficient (Wildman–Crippen LogP) is 3.38. The Bertz CT molecular complexity index is 519. The summed E-state index contributed by atoms with van der Waals surface area (Å²) in [5.74, 6) is -0.0509. The van der Waals surface area contributed by atoms with Crippen LogP contribution in [0.4, 0.5) is 0 Å². The van der Waals surface area contributed by atoms with Crippen LogP contribution in [0.3, 0.4) is 0 Å².